The minimum absolute atomic E-state index is 0.152. The molecule has 6 nitrogen and oxygen atoms in total. The van der Waals surface area contributed by atoms with Gasteiger partial charge >= 0.3 is 6.18 Å². The standard InChI is InChI=1S/C16H15ClF3N5O/c1-10-7-13(25-15(21-10)22-14(23-25)16(18,19)20)24(5-6-26)9-11-3-2-4-12(17)8-11/h2-4,7-8,26H,5-6,9H2,1H3. The highest BCUT2D eigenvalue weighted by Gasteiger charge is 2.37. The zero-order valence-corrected chi connectivity index (χ0v) is 14.5. The Kier molecular flexibility index (Phi) is 5.01. The molecule has 138 valence electrons. The van der Waals surface area contributed by atoms with E-state index in [0.29, 0.717) is 23.1 Å². The summed E-state index contributed by atoms with van der Waals surface area (Å²) < 4.78 is 39.9. The summed E-state index contributed by atoms with van der Waals surface area (Å²) in [5.74, 6) is -1.06. The van der Waals surface area contributed by atoms with E-state index in [1.165, 1.54) is 0 Å². The van der Waals surface area contributed by atoms with Crippen LogP contribution in [0.1, 0.15) is 17.1 Å². The van der Waals surface area contributed by atoms with E-state index >= 15 is 0 Å². The first-order valence-electron chi connectivity index (χ1n) is 7.70. The average Bonchev–Trinajstić information content (AvgIpc) is 2.98. The number of rotatable bonds is 5. The second-order valence-corrected chi connectivity index (χ2v) is 6.11. The van der Waals surface area contributed by atoms with Crippen molar-refractivity contribution < 1.29 is 18.3 Å². The predicted molar refractivity (Wildman–Crippen MR) is 90.1 cm³/mol. The summed E-state index contributed by atoms with van der Waals surface area (Å²) in [6.07, 6.45) is -4.67. The Morgan fingerprint density at radius 1 is 1.23 bits per heavy atom. The smallest absolute Gasteiger partial charge is 0.395 e. The van der Waals surface area contributed by atoms with Crippen LogP contribution < -0.4 is 4.90 Å². The van der Waals surface area contributed by atoms with E-state index in [9.17, 15) is 18.3 Å². The number of hydrogen-bond donors (Lipinski definition) is 1. The molecule has 0 amide bonds. The number of aliphatic hydroxyl groups is 1. The maximum atomic E-state index is 13.0. The Bertz CT molecular complexity index is 928. The van der Waals surface area contributed by atoms with E-state index in [1.54, 1.807) is 36.1 Å². The molecule has 3 rings (SSSR count). The van der Waals surface area contributed by atoms with Crippen molar-refractivity contribution in [2.24, 2.45) is 0 Å². The number of benzene rings is 1. The molecular weight excluding hydrogens is 371 g/mol. The van der Waals surface area contributed by atoms with E-state index in [1.807, 2.05) is 6.07 Å². The predicted octanol–water partition coefficient (Wildman–Crippen LogP) is 3.10. The van der Waals surface area contributed by atoms with Gasteiger partial charge in [0.25, 0.3) is 11.6 Å². The van der Waals surface area contributed by atoms with Crippen LogP contribution in [-0.4, -0.2) is 37.8 Å². The number of aliphatic hydroxyl groups excluding tert-OH is 1. The van der Waals surface area contributed by atoms with Crippen molar-refractivity contribution in [3.8, 4) is 0 Å². The molecule has 0 radical (unpaired) electrons. The zero-order chi connectivity index (χ0) is 18.9. The van der Waals surface area contributed by atoms with Crippen LogP contribution in [0.25, 0.3) is 5.78 Å². The number of hydrogen-bond acceptors (Lipinski definition) is 5. The van der Waals surface area contributed by atoms with Gasteiger partial charge in [0.2, 0.25) is 0 Å². The number of fused-ring (bicyclic) bond motifs is 1. The summed E-state index contributed by atoms with van der Waals surface area (Å²) in [4.78, 5) is 9.18. The van der Waals surface area contributed by atoms with Crippen molar-refractivity contribution >= 4 is 23.2 Å². The van der Waals surface area contributed by atoms with Gasteiger partial charge < -0.3 is 10.0 Å². The summed E-state index contributed by atoms with van der Waals surface area (Å²) in [7, 11) is 0. The Morgan fingerprint density at radius 3 is 2.65 bits per heavy atom. The van der Waals surface area contributed by atoms with Crippen molar-refractivity contribution in [3.05, 3.63) is 52.4 Å². The van der Waals surface area contributed by atoms with Crippen LogP contribution in [0.5, 0.6) is 0 Å². The first-order chi connectivity index (χ1) is 12.3. The summed E-state index contributed by atoms with van der Waals surface area (Å²) in [5, 5.41) is 13.5. The Morgan fingerprint density at radius 2 is 2.00 bits per heavy atom. The second kappa shape index (κ2) is 7.08. The van der Waals surface area contributed by atoms with Crippen LogP contribution in [0.15, 0.2) is 30.3 Å². The molecule has 1 aromatic carbocycles. The number of aryl methyl sites for hydroxylation is 1. The number of halogens is 4. The maximum absolute atomic E-state index is 13.0. The molecule has 0 aliphatic rings. The lowest BCUT2D eigenvalue weighted by Gasteiger charge is -2.24. The highest BCUT2D eigenvalue weighted by atomic mass is 35.5. The lowest BCUT2D eigenvalue weighted by atomic mass is 10.2. The molecule has 1 N–H and O–H groups in total. The second-order valence-electron chi connectivity index (χ2n) is 5.68. The molecule has 0 aliphatic heterocycles. The van der Waals surface area contributed by atoms with Gasteiger partial charge in [0, 0.05) is 29.9 Å². The highest BCUT2D eigenvalue weighted by molar-refractivity contribution is 6.30. The third kappa shape index (κ3) is 3.88. The van der Waals surface area contributed by atoms with Gasteiger partial charge in [-0.25, -0.2) is 4.98 Å². The third-order valence-corrected chi connectivity index (χ3v) is 3.87. The van der Waals surface area contributed by atoms with Crippen molar-refractivity contribution in [2.45, 2.75) is 19.6 Å². The zero-order valence-electron chi connectivity index (χ0n) is 13.7. The normalized spacial score (nSPS) is 11.9. The van der Waals surface area contributed by atoms with Crippen LogP contribution in [0.3, 0.4) is 0 Å². The minimum atomic E-state index is -4.67. The summed E-state index contributed by atoms with van der Waals surface area (Å²) in [6.45, 7) is 1.97. The number of nitrogens with zero attached hydrogens (tertiary/aromatic N) is 5. The van der Waals surface area contributed by atoms with Gasteiger partial charge in [-0.2, -0.15) is 22.7 Å². The fraction of sp³-hybridized carbons (Fsp3) is 0.312. The van der Waals surface area contributed by atoms with Crippen molar-refractivity contribution in [3.63, 3.8) is 0 Å². The van der Waals surface area contributed by atoms with E-state index in [4.69, 9.17) is 11.6 Å². The molecular formula is C16H15ClF3N5O. The number of aromatic nitrogens is 4. The molecule has 3 aromatic rings. The molecule has 10 heteroatoms. The molecule has 0 saturated carbocycles. The number of alkyl halides is 3. The van der Waals surface area contributed by atoms with Gasteiger partial charge in [0.05, 0.1) is 6.61 Å². The fourth-order valence-corrected chi connectivity index (χ4v) is 2.78. The quantitative estimate of drug-likeness (QED) is 0.731. The van der Waals surface area contributed by atoms with Crippen molar-refractivity contribution in [1.29, 1.82) is 0 Å². The highest BCUT2D eigenvalue weighted by Crippen LogP contribution is 2.28. The van der Waals surface area contributed by atoms with Crippen LogP contribution in [0.2, 0.25) is 5.02 Å². The van der Waals surface area contributed by atoms with Gasteiger partial charge in [-0.15, -0.1) is 5.10 Å². The molecule has 0 saturated heterocycles. The number of anilines is 1. The molecule has 0 unspecified atom stereocenters. The molecule has 26 heavy (non-hydrogen) atoms. The Balaban J connectivity index is 2.08. The van der Waals surface area contributed by atoms with Gasteiger partial charge in [0.15, 0.2) is 0 Å². The minimum Gasteiger partial charge on any atom is -0.395 e. The largest absolute Gasteiger partial charge is 0.453 e. The van der Waals surface area contributed by atoms with Crippen LogP contribution >= 0.6 is 11.6 Å². The monoisotopic (exact) mass is 385 g/mol. The van der Waals surface area contributed by atoms with Crippen molar-refractivity contribution in [2.75, 3.05) is 18.1 Å². The maximum Gasteiger partial charge on any atom is 0.453 e. The van der Waals surface area contributed by atoms with Crippen molar-refractivity contribution in [1.82, 2.24) is 19.6 Å². The SMILES string of the molecule is Cc1cc(N(CCO)Cc2cccc(Cl)c2)n2nc(C(F)(F)F)nc2n1. The average molecular weight is 386 g/mol. The van der Waals surface area contributed by atoms with Crippen LogP contribution in [0, 0.1) is 6.92 Å². The van der Waals surface area contributed by atoms with E-state index in [0.717, 1.165) is 10.1 Å². The fourth-order valence-electron chi connectivity index (χ4n) is 2.56. The molecule has 0 atom stereocenters. The summed E-state index contributed by atoms with van der Waals surface area (Å²) in [5.41, 5.74) is 1.33. The molecule has 0 bridgehead atoms. The van der Waals surface area contributed by atoms with Crippen LogP contribution in [-0.2, 0) is 12.7 Å². The molecule has 2 aromatic heterocycles. The van der Waals surface area contributed by atoms with Gasteiger partial charge in [-0.1, -0.05) is 23.7 Å². The summed E-state index contributed by atoms with van der Waals surface area (Å²) in [6, 6.07) is 8.69. The molecule has 2 heterocycles. The summed E-state index contributed by atoms with van der Waals surface area (Å²) >= 11 is 5.99. The van der Waals surface area contributed by atoms with E-state index in [-0.39, 0.29) is 18.9 Å². The lowest BCUT2D eigenvalue weighted by Crippen LogP contribution is -2.28. The molecule has 0 aliphatic carbocycles. The third-order valence-electron chi connectivity index (χ3n) is 3.63. The molecule has 0 fully saturated rings. The lowest BCUT2D eigenvalue weighted by molar-refractivity contribution is -0.144. The molecule has 0 spiro atoms. The van der Waals surface area contributed by atoms with Gasteiger partial charge in [0.1, 0.15) is 5.82 Å². The van der Waals surface area contributed by atoms with E-state index < -0.39 is 12.0 Å². The van der Waals surface area contributed by atoms with Crippen LogP contribution in [0.4, 0.5) is 19.0 Å². The first kappa shape index (κ1) is 18.4. The van der Waals surface area contributed by atoms with Gasteiger partial charge in [-0.05, 0) is 24.6 Å². The Hall–Kier alpha value is -2.39. The topological polar surface area (TPSA) is 66.5 Å². The van der Waals surface area contributed by atoms with Gasteiger partial charge in [-0.3, -0.25) is 0 Å². The first-order valence-corrected chi connectivity index (χ1v) is 8.07. The van der Waals surface area contributed by atoms with E-state index in [2.05, 4.69) is 15.1 Å². The Labute approximate surface area is 151 Å².